The lowest BCUT2D eigenvalue weighted by Crippen LogP contribution is -2.12. The minimum Gasteiger partial charge on any atom is -0.319 e. The molecule has 104 valence electrons. The molecule has 0 saturated heterocycles. The first kappa shape index (κ1) is 12.1. The summed E-state index contributed by atoms with van der Waals surface area (Å²) in [6.45, 7) is 0. The lowest BCUT2D eigenvalue weighted by atomic mass is 10.2. The second kappa shape index (κ2) is 4.70. The van der Waals surface area contributed by atoms with Crippen molar-refractivity contribution in [3.63, 3.8) is 0 Å². The Hall–Kier alpha value is -2.69. The number of amides is 1. The second-order valence-corrected chi connectivity index (χ2v) is 5.25. The standard InChI is InChI=1S/C16H14N4O/c21-16(12-5-2-1-3-6-12)17-13-7-4-10-20-15(13)18-14(19-20)11-8-9-11/h1-7,10-11H,8-9H2,(H,17,21). The topological polar surface area (TPSA) is 59.3 Å². The average molecular weight is 278 g/mol. The first-order valence-corrected chi connectivity index (χ1v) is 7.03. The van der Waals surface area contributed by atoms with E-state index >= 15 is 0 Å². The maximum absolute atomic E-state index is 12.2. The zero-order chi connectivity index (χ0) is 14.2. The van der Waals surface area contributed by atoms with Crippen molar-refractivity contribution in [3.05, 3.63) is 60.0 Å². The quantitative estimate of drug-likeness (QED) is 0.801. The number of benzene rings is 1. The lowest BCUT2D eigenvalue weighted by Gasteiger charge is -2.05. The van der Waals surface area contributed by atoms with E-state index in [1.807, 2.05) is 36.5 Å². The van der Waals surface area contributed by atoms with Crippen LogP contribution >= 0.6 is 0 Å². The predicted octanol–water partition coefficient (Wildman–Crippen LogP) is 2.86. The third kappa shape index (κ3) is 2.27. The zero-order valence-electron chi connectivity index (χ0n) is 11.4. The summed E-state index contributed by atoms with van der Waals surface area (Å²) in [6, 6.07) is 12.9. The number of carbonyl (C=O) groups is 1. The van der Waals surface area contributed by atoms with Crippen molar-refractivity contribution in [1.82, 2.24) is 14.6 Å². The number of hydrogen-bond donors (Lipinski definition) is 1. The molecule has 1 saturated carbocycles. The van der Waals surface area contributed by atoms with Crippen LogP contribution in [0.25, 0.3) is 5.65 Å². The SMILES string of the molecule is O=C(Nc1cccn2nc(C3CC3)nc12)c1ccccc1. The Balaban J connectivity index is 1.68. The Morgan fingerprint density at radius 1 is 1.14 bits per heavy atom. The Labute approximate surface area is 121 Å². The molecular weight excluding hydrogens is 264 g/mol. The van der Waals surface area contributed by atoms with Gasteiger partial charge in [0.25, 0.3) is 5.91 Å². The van der Waals surface area contributed by atoms with Gasteiger partial charge in [0.2, 0.25) is 0 Å². The molecule has 2 heterocycles. The summed E-state index contributed by atoms with van der Waals surface area (Å²) in [5, 5.41) is 7.38. The van der Waals surface area contributed by atoms with Gasteiger partial charge < -0.3 is 5.32 Å². The molecule has 3 aromatic rings. The van der Waals surface area contributed by atoms with Crippen LogP contribution in [0.3, 0.4) is 0 Å². The van der Waals surface area contributed by atoms with Gasteiger partial charge in [0.1, 0.15) is 0 Å². The van der Waals surface area contributed by atoms with Crippen LogP contribution in [0.2, 0.25) is 0 Å². The van der Waals surface area contributed by atoms with Crippen molar-refractivity contribution in [2.75, 3.05) is 5.32 Å². The highest BCUT2D eigenvalue weighted by Crippen LogP contribution is 2.38. The van der Waals surface area contributed by atoms with Crippen molar-refractivity contribution < 1.29 is 4.79 Å². The van der Waals surface area contributed by atoms with Crippen LogP contribution in [0.5, 0.6) is 0 Å². The molecule has 0 spiro atoms. The van der Waals surface area contributed by atoms with E-state index in [1.165, 1.54) is 0 Å². The third-order valence-corrected chi connectivity index (χ3v) is 3.61. The molecule has 5 nitrogen and oxygen atoms in total. The molecule has 1 N–H and O–H groups in total. The van der Waals surface area contributed by atoms with Gasteiger partial charge in [-0.3, -0.25) is 4.79 Å². The number of rotatable bonds is 3. The van der Waals surface area contributed by atoms with Gasteiger partial charge in [0.15, 0.2) is 11.5 Å². The molecule has 0 radical (unpaired) electrons. The van der Waals surface area contributed by atoms with E-state index in [-0.39, 0.29) is 5.91 Å². The number of anilines is 1. The molecule has 2 aromatic heterocycles. The van der Waals surface area contributed by atoms with E-state index in [9.17, 15) is 4.79 Å². The fraction of sp³-hybridized carbons (Fsp3) is 0.188. The minimum atomic E-state index is -0.139. The van der Waals surface area contributed by atoms with Gasteiger partial charge in [-0.05, 0) is 37.1 Å². The summed E-state index contributed by atoms with van der Waals surface area (Å²) in [7, 11) is 0. The highest BCUT2D eigenvalue weighted by atomic mass is 16.1. The van der Waals surface area contributed by atoms with Crippen LogP contribution in [0.4, 0.5) is 5.69 Å². The highest BCUT2D eigenvalue weighted by molar-refractivity contribution is 6.05. The first-order chi connectivity index (χ1) is 10.3. The summed E-state index contributed by atoms with van der Waals surface area (Å²) < 4.78 is 1.73. The predicted molar refractivity (Wildman–Crippen MR) is 79.4 cm³/mol. The van der Waals surface area contributed by atoms with Gasteiger partial charge in [-0.2, -0.15) is 5.10 Å². The van der Waals surface area contributed by atoms with E-state index in [0.29, 0.717) is 22.8 Å². The molecule has 1 aliphatic rings. The Morgan fingerprint density at radius 3 is 2.71 bits per heavy atom. The van der Waals surface area contributed by atoms with Crippen LogP contribution in [0.15, 0.2) is 48.7 Å². The van der Waals surface area contributed by atoms with E-state index in [4.69, 9.17) is 0 Å². The minimum absolute atomic E-state index is 0.139. The van der Waals surface area contributed by atoms with Gasteiger partial charge in [-0.15, -0.1) is 0 Å². The van der Waals surface area contributed by atoms with Gasteiger partial charge in [0.05, 0.1) is 5.69 Å². The van der Waals surface area contributed by atoms with Crippen molar-refractivity contribution >= 4 is 17.2 Å². The van der Waals surface area contributed by atoms with E-state index in [0.717, 1.165) is 18.7 Å². The fourth-order valence-electron chi connectivity index (χ4n) is 2.32. The van der Waals surface area contributed by atoms with Crippen LogP contribution < -0.4 is 5.32 Å². The number of nitrogens with one attached hydrogen (secondary N) is 1. The van der Waals surface area contributed by atoms with Gasteiger partial charge in [0, 0.05) is 17.7 Å². The summed E-state index contributed by atoms with van der Waals surface area (Å²) >= 11 is 0. The fourth-order valence-corrected chi connectivity index (χ4v) is 2.32. The highest BCUT2D eigenvalue weighted by Gasteiger charge is 2.28. The van der Waals surface area contributed by atoms with Crippen molar-refractivity contribution in [1.29, 1.82) is 0 Å². The van der Waals surface area contributed by atoms with E-state index in [1.54, 1.807) is 16.6 Å². The molecule has 1 amide bonds. The first-order valence-electron chi connectivity index (χ1n) is 7.03. The summed E-state index contributed by atoms with van der Waals surface area (Å²) in [5.74, 6) is 1.22. The van der Waals surface area contributed by atoms with Crippen LogP contribution in [-0.2, 0) is 0 Å². The smallest absolute Gasteiger partial charge is 0.255 e. The van der Waals surface area contributed by atoms with Crippen molar-refractivity contribution in [3.8, 4) is 0 Å². The van der Waals surface area contributed by atoms with Crippen molar-refractivity contribution in [2.24, 2.45) is 0 Å². The monoisotopic (exact) mass is 278 g/mol. The molecule has 0 atom stereocenters. The lowest BCUT2D eigenvalue weighted by molar-refractivity contribution is 0.102. The number of hydrogen-bond acceptors (Lipinski definition) is 3. The Kier molecular flexibility index (Phi) is 2.70. The largest absolute Gasteiger partial charge is 0.319 e. The molecule has 5 heteroatoms. The molecule has 4 rings (SSSR count). The molecule has 21 heavy (non-hydrogen) atoms. The summed E-state index contributed by atoms with van der Waals surface area (Å²) in [4.78, 5) is 16.8. The molecule has 0 bridgehead atoms. The maximum atomic E-state index is 12.2. The normalized spacial score (nSPS) is 14.3. The molecule has 0 unspecified atom stereocenters. The number of pyridine rings is 1. The Bertz CT molecular complexity index is 806. The summed E-state index contributed by atoms with van der Waals surface area (Å²) in [6.07, 6.45) is 4.16. The third-order valence-electron chi connectivity index (χ3n) is 3.61. The molecule has 1 aliphatic carbocycles. The van der Waals surface area contributed by atoms with E-state index < -0.39 is 0 Å². The molecule has 0 aliphatic heterocycles. The summed E-state index contributed by atoms with van der Waals surface area (Å²) in [5.41, 5.74) is 2.01. The molecular formula is C16H14N4O. The number of fused-ring (bicyclic) bond motifs is 1. The van der Waals surface area contributed by atoms with Crippen molar-refractivity contribution in [2.45, 2.75) is 18.8 Å². The second-order valence-electron chi connectivity index (χ2n) is 5.25. The number of aromatic nitrogens is 3. The van der Waals surface area contributed by atoms with Gasteiger partial charge >= 0.3 is 0 Å². The van der Waals surface area contributed by atoms with Crippen LogP contribution in [0.1, 0.15) is 34.9 Å². The molecule has 1 aromatic carbocycles. The zero-order valence-corrected chi connectivity index (χ0v) is 11.4. The number of carbonyl (C=O) groups excluding carboxylic acids is 1. The van der Waals surface area contributed by atoms with E-state index in [2.05, 4.69) is 15.4 Å². The maximum Gasteiger partial charge on any atom is 0.255 e. The van der Waals surface area contributed by atoms with Gasteiger partial charge in [-0.25, -0.2) is 9.50 Å². The molecule has 1 fully saturated rings. The van der Waals surface area contributed by atoms with Crippen LogP contribution in [-0.4, -0.2) is 20.5 Å². The van der Waals surface area contributed by atoms with Crippen LogP contribution in [0, 0.1) is 0 Å². The average Bonchev–Trinajstić information content (AvgIpc) is 3.28. The van der Waals surface area contributed by atoms with Gasteiger partial charge in [-0.1, -0.05) is 18.2 Å². The Morgan fingerprint density at radius 2 is 1.95 bits per heavy atom. The number of nitrogens with zero attached hydrogens (tertiary/aromatic N) is 3.